The molecule has 0 aromatic heterocycles. The molecule has 4 fully saturated rings. The van der Waals surface area contributed by atoms with Gasteiger partial charge in [0.2, 0.25) is 0 Å². The molecule has 2 heteroatoms. The molecule has 0 aliphatic heterocycles. The maximum absolute atomic E-state index is 11.8. The maximum Gasteiger partial charge on any atom is 0.139 e. The summed E-state index contributed by atoms with van der Waals surface area (Å²) in [5, 5.41) is 9.41. The first kappa shape index (κ1) is 7.98. The summed E-state index contributed by atoms with van der Waals surface area (Å²) < 4.78 is 0. The van der Waals surface area contributed by atoms with Crippen LogP contribution in [-0.2, 0) is 4.79 Å². The van der Waals surface area contributed by atoms with E-state index in [1.165, 1.54) is 6.42 Å². The van der Waals surface area contributed by atoms with E-state index in [1.807, 2.05) is 0 Å². The molecule has 0 radical (unpaired) electrons. The number of aliphatic hydroxyl groups excluding tert-OH is 1. The van der Waals surface area contributed by atoms with Crippen molar-refractivity contribution in [2.75, 3.05) is 6.61 Å². The van der Waals surface area contributed by atoms with Crippen molar-refractivity contribution in [3.63, 3.8) is 0 Å². The Labute approximate surface area is 78.3 Å². The maximum atomic E-state index is 11.8. The van der Waals surface area contributed by atoms with Gasteiger partial charge in [0.05, 0.1) is 0 Å². The lowest BCUT2D eigenvalue weighted by Crippen LogP contribution is -2.52. The Balaban J connectivity index is 1.96. The summed E-state index contributed by atoms with van der Waals surface area (Å²) in [7, 11) is 0. The molecule has 1 N–H and O–H groups in total. The zero-order valence-corrected chi connectivity index (χ0v) is 7.83. The van der Waals surface area contributed by atoms with Gasteiger partial charge in [-0.05, 0) is 43.4 Å². The first-order chi connectivity index (χ1) is 6.22. The second-order valence-electron chi connectivity index (χ2n) is 5.40. The van der Waals surface area contributed by atoms with Crippen LogP contribution in [0.5, 0.6) is 0 Å². The number of Topliss-reactive ketones (excluding diaryl/α,β-unsaturated/α-hetero) is 1. The van der Waals surface area contributed by atoms with Crippen LogP contribution in [-0.4, -0.2) is 17.5 Å². The van der Waals surface area contributed by atoms with Crippen molar-refractivity contribution in [3.8, 4) is 0 Å². The Bertz CT molecular complexity index is 241. The van der Waals surface area contributed by atoms with Crippen LogP contribution < -0.4 is 0 Å². The molecule has 2 nitrogen and oxygen atoms in total. The van der Waals surface area contributed by atoms with Crippen LogP contribution in [0.2, 0.25) is 0 Å². The number of hydrogen-bond acceptors (Lipinski definition) is 2. The Morgan fingerprint density at radius 3 is 2.38 bits per heavy atom. The Hall–Kier alpha value is -0.370. The highest BCUT2D eigenvalue weighted by Gasteiger charge is 2.54. The molecular weight excluding hydrogens is 164 g/mol. The van der Waals surface area contributed by atoms with E-state index < -0.39 is 0 Å². The molecule has 2 atom stereocenters. The number of carbonyl (C=O) groups excluding carboxylic acids is 1. The number of rotatable bonds is 1. The molecule has 4 aliphatic rings. The number of hydrogen-bond donors (Lipinski definition) is 1. The molecular formula is C11H16O2. The highest BCUT2D eigenvalue weighted by molar-refractivity contribution is 5.85. The fourth-order valence-electron chi connectivity index (χ4n) is 4.10. The van der Waals surface area contributed by atoms with Crippen LogP contribution in [0, 0.1) is 23.2 Å². The molecule has 72 valence electrons. The first-order valence-electron chi connectivity index (χ1n) is 5.37. The van der Waals surface area contributed by atoms with Gasteiger partial charge in [-0.1, -0.05) is 0 Å². The van der Waals surface area contributed by atoms with E-state index in [2.05, 4.69) is 0 Å². The molecule has 0 saturated heterocycles. The van der Waals surface area contributed by atoms with Gasteiger partial charge in [0, 0.05) is 18.4 Å². The summed E-state index contributed by atoms with van der Waals surface area (Å²) in [6.45, 7) is 0.309. The van der Waals surface area contributed by atoms with Gasteiger partial charge in [0.25, 0.3) is 0 Å². The van der Waals surface area contributed by atoms with Gasteiger partial charge >= 0.3 is 0 Å². The predicted octanol–water partition coefficient (Wildman–Crippen LogP) is 1.37. The summed E-state index contributed by atoms with van der Waals surface area (Å²) in [6.07, 6.45) is 5.39. The highest BCUT2D eigenvalue weighted by Crippen LogP contribution is 2.58. The lowest BCUT2D eigenvalue weighted by Gasteiger charge is -2.55. The fourth-order valence-corrected chi connectivity index (χ4v) is 4.10. The minimum Gasteiger partial charge on any atom is -0.396 e. The lowest BCUT2D eigenvalue weighted by atomic mass is 9.49. The van der Waals surface area contributed by atoms with E-state index in [0.29, 0.717) is 24.2 Å². The highest BCUT2D eigenvalue weighted by atomic mass is 16.3. The third-order valence-electron chi connectivity index (χ3n) is 4.46. The number of ketones is 1. The molecule has 0 aromatic carbocycles. The molecule has 13 heavy (non-hydrogen) atoms. The second kappa shape index (κ2) is 2.35. The van der Waals surface area contributed by atoms with E-state index >= 15 is 0 Å². The van der Waals surface area contributed by atoms with Gasteiger partial charge in [-0.3, -0.25) is 4.79 Å². The lowest BCUT2D eigenvalue weighted by molar-refractivity contribution is -0.150. The van der Waals surface area contributed by atoms with Crippen LogP contribution in [0.25, 0.3) is 0 Å². The third kappa shape index (κ3) is 0.954. The van der Waals surface area contributed by atoms with Gasteiger partial charge in [-0.2, -0.15) is 0 Å². The van der Waals surface area contributed by atoms with Gasteiger partial charge in [-0.25, -0.2) is 0 Å². The van der Waals surface area contributed by atoms with Crippen LogP contribution in [0.15, 0.2) is 0 Å². The zero-order valence-electron chi connectivity index (χ0n) is 7.83. The molecule has 4 rings (SSSR count). The standard InChI is InChI=1S/C11H16O2/c12-6-11-3-7-1-8(4-11)10(13)9(2-7)5-11/h7-9,12H,1-6H2/t7?,8-,9-,11?/m0/s1. The second-order valence-corrected chi connectivity index (χ2v) is 5.40. The zero-order chi connectivity index (χ0) is 9.05. The largest absolute Gasteiger partial charge is 0.396 e. The fraction of sp³-hybridized carbons (Fsp3) is 0.909. The number of aliphatic hydroxyl groups is 1. The van der Waals surface area contributed by atoms with E-state index in [-0.39, 0.29) is 5.41 Å². The van der Waals surface area contributed by atoms with Gasteiger partial charge < -0.3 is 5.11 Å². The Morgan fingerprint density at radius 1 is 1.23 bits per heavy atom. The number of carbonyl (C=O) groups is 1. The summed E-state index contributed by atoms with van der Waals surface area (Å²) in [6, 6.07) is 0. The van der Waals surface area contributed by atoms with E-state index in [0.717, 1.165) is 31.6 Å². The van der Waals surface area contributed by atoms with Crippen LogP contribution >= 0.6 is 0 Å². The SMILES string of the molecule is O=C1[C@H]2CC3C[C@H]1CC(CO)(C3)C2. The van der Waals surface area contributed by atoms with Crippen molar-refractivity contribution in [2.24, 2.45) is 23.2 Å². The molecule has 0 amide bonds. The quantitative estimate of drug-likeness (QED) is 0.661. The van der Waals surface area contributed by atoms with Crippen LogP contribution in [0.3, 0.4) is 0 Å². The molecule has 4 bridgehead atoms. The van der Waals surface area contributed by atoms with Crippen molar-refractivity contribution in [1.29, 1.82) is 0 Å². The topological polar surface area (TPSA) is 37.3 Å². The Kier molecular flexibility index (Phi) is 1.44. The molecule has 4 aliphatic carbocycles. The van der Waals surface area contributed by atoms with Crippen molar-refractivity contribution in [1.82, 2.24) is 0 Å². The monoisotopic (exact) mass is 180 g/mol. The molecule has 0 aromatic rings. The predicted molar refractivity (Wildman–Crippen MR) is 48.1 cm³/mol. The smallest absolute Gasteiger partial charge is 0.139 e. The summed E-state index contributed by atoms with van der Waals surface area (Å²) in [4.78, 5) is 11.8. The third-order valence-corrected chi connectivity index (χ3v) is 4.46. The van der Waals surface area contributed by atoms with E-state index in [1.54, 1.807) is 0 Å². The molecule has 0 unspecified atom stereocenters. The summed E-state index contributed by atoms with van der Waals surface area (Å²) in [5.41, 5.74) is 0.157. The van der Waals surface area contributed by atoms with Gasteiger partial charge in [0.1, 0.15) is 5.78 Å². The van der Waals surface area contributed by atoms with Crippen molar-refractivity contribution in [2.45, 2.75) is 32.1 Å². The average Bonchev–Trinajstić information content (AvgIpc) is 2.13. The molecule has 4 saturated carbocycles. The van der Waals surface area contributed by atoms with E-state index in [4.69, 9.17) is 0 Å². The summed E-state index contributed by atoms with van der Waals surface area (Å²) in [5.74, 6) is 1.90. The first-order valence-corrected chi connectivity index (χ1v) is 5.37. The van der Waals surface area contributed by atoms with Crippen molar-refractivity contribution in [3.05, 3.63) is 0 Å². The normalized spacial score (nSPS) is 53.0. The van der Waals surface area contributed by atoms with Crippen LogP contribution in [0.1, 0.15) is 32.1 Å². The summed E-state index contributed by atoms with van der Waals surface area (Å²) >= 11 is 0. The van der Waals surface area contributed by atoms with Gasteiger partial charge in [-0.15, -0.1) is 0 Å². The van der Waals surface area contributed by atoms with Crippen LogP contribution in [0.4, 0.5) is 0 Å². The Morgan fingerprint density at radius 2 is 1.85 bits per heavy atom. The van der Waals surface area contributed by atoms with Crippen molar-refractivity contribution < 1.29 is 9.90 Å². The molecule has 0 spiro atoms. The van der Waals surface area contributed by atoms with E-state index in [9.17, 15) is 9.90 Å². The van der Waals surface area contributed by atoms with Gasteiger partial charge in [0.15, 0.2) is 0 Å². The minimum atomic E-state index is 0.157. The average molecular weight is 180 g/mol. The molecule has 0 heterocycles. The minimum absolute atomic E-state index is 0.157. The van der Waals surface area contributed by atoms with Crippen molar-refractivity contribution >= 4 is 5.78 Å².